The van der Waals surface area contributed by atoms with Gasteiger partial charge in [-0.3, -0.25) is 9.59 Å². The number of carbonyl (C=O) groups is 2. The highest BCUT2D eigenvalue weighted by Crippen LogP contribution is 2.11. The highest BCUT2D eigenvalue weighted by Gasteiger charge is 2.11. The van der Waals surface area contributed by atoms with Crippen LogP contribution in [-0.4, -0.2) is 29.3 Å². The number of hydrogen-bond acceptors (Lipinski definition) is 3. The smallest absolute Gasteiger partial charge is 0.289 e. The van der Waals surface area contributed by atoms with Gasteiger partial charge >= 0.3 is 0 Å². The summed E-state index contributed by atoms with van der Waals surface area (Å²) >= 11 is 0.664. The van der Waals surface area contributed by atoms with E-state index in [4.69, 9.17) is 0 Å². The fraction of sp³-hybridized carbons (Fsp3) is 0.429. The highest BCUT2D eigenvalue weighted by molar-refractivity contribution is 8.26. The van der Waals surface area contributed by atoms with Gasteiger partial charge in [0, 0.05) is 25.9 Å². The number of hydrogen-bond donors (Lipinski definition) is 0. The lowest BCUT2D eigenvalue weighted by atomic mass is 10.4. The van der Waals surface area contributed by atoms with Crippen molar-refractivity contribution in [2.45, 2.75) is 6.92 Å². The molecule has 3 nitrogen and oxygen atoms in total. The van der Waals surface area contributed by atoms with E-state index in [0.29, 0.717) is 17.3 Å². The Balaban J connectivity index is 3.96. The van der Waals surface area contributed by atoms with Crippen LogP contribution < -0.4 is 0 Å². The fourth-order valence-corrected chi connectivity index (χ4v) is 0.773. The van der Waals surface area contributed by atoms with Gasteiger partial charge < -0.3 is 4.90 Å². The van der Waals surface area contributed by atoms with Crippen molar-refractivity contribution < 1.29 is 9.59 Å². The van der Waals surface area contributed by atoms with Crippen LogP contribution in [0.25, 0.3) is 0 Å². The van der Waals surface area contributed by atoms with E-state index in [1.807, 2.05) is 0 Å². The van der Waals surface area contributed by atoms with Gasteiger partial charge in [-0.1, -0.05) is 6.58 Å². The molecule has 0 heterocycles. The maximum atomic E-state index is 10.9. The maximum absolute atomic E-state index is 10.9. The molecular weight excluding hydrogens is 162 g/mol. The van der Waals surface area contributed by atoms with Crippen LogP contribution in [0.4, 0.5) is 4.79 Å². The summed E-state index contributed by atoms with van der Waals surface area (Å²) < 4.78 is 0. The van der Waals surface area contributed by atoms with Crippen molar-refractivity contribution in [3.05, 3.63) is 12.2 Å². The Morgan fingerprint density at radius 2 is 1.82 bits per heavy atom. The first kappa shape index (κ1) is 10.2. The first-order valence-electron chi connectivity index (χ1n) is 3.04. The molecule has 0 aliphatic heterocycles. The second-order valence-corrected chi connectivity index (χ2v) is 3.25. The van der Waals surface area contributed by atoms with Crippen molar-refractivity contribution >= 4 is 22.1 Å². The molecule has 0 aliphatic rings. The molecule has 0 atom stereocenters. The molecule has 0 saturated heterocycles. The zero-order valence-electron chi connectivity index (χ0n) is 6.88. The van der Waals surface area contributed by atoms with Crippen LogP contribution in [0.15, 0.2) is 12.2 Å². The summed E-state index contributed by atoms with van der Waals surface area (Å²) in [5.74, 6) is 0. The molecule has 4 heteroatoms. The van der Waals surface area contributed by atoms with Crippen LogP contribution in [0.1, 0.15) is 6.92 Å². The van der Waals surface area contributed by atoms with Gasteiger partial charge in [-0.25, -0.2) is 0 Å². The number of nitrogens with zero attached hydrogens (tertiary/aromatic N) is 1. The zero-order valence-corrected chi connectivity index (χ0v) is 7.70. The molecule has 0 unspecified atom stereocenters. The number of rotatable bonds is 1. The summed E-state index contributed by atoms with van der Waals surface area (Å²) in [7, 11) is 3.20. The normalized spacial score (nSPS) is 9.00. The highest BCUT2D eigenvalue weighted by atomic mass is 32.2. The molecule has 0 N–H and O–H groups in total. The molecule has 0 fully saturated rings. The summed E-state index contributed by atoms with van der Waals surface area (Å²) in [6.07, 6.45) is 0. The molecule has 1 amide bonds. The number of carbonyl (C=O) groups excluding carboxylic acids is 2. The van der Waals surface area contributed by atoms with Crippen molar-refractivity contribution in [1.29, 1.82) is 0 Å². The van der Waals surface area contributed by atoms with Gasteiger partial charge in [-0.2, -0.15) is 0 Å². The third-order valence-electron chi connectivity index (χ3n) is 0.894. The van der Waals surface area contributed by atoms with Crippen LogP contribution in [0.3, 0.4) is 0 Å². The topological polar surface area (TPSA) is 37.4 Å². The predicted molar refractivity (Wildman–Crippen MR) is 46.5 cm³/mol. The Morgan fingerprint density at radius 1 is 1.36 bits per heavy atom. The molecular formula is C7H11NO2S. The van der Waals surface area contributed by atoms with E-state index in [9.17, 15) is 9.59 Å². The molecule has 0 spiro atoms. The van der Waals surface area contributed by atoms with Crippen molar-refractivity contribution in [3.8, 4) is 0 Å². The van der Waals surface area contributed by atoms with Crippen molar-refractivity contribution in [3.63, 3.8) is 0 Å². The van der Waals surface area contributed by atoms with Gasteiger partial charge in [0.1, 0.15) is 0 Å². The van der Waals surface area contributed by atoms with Crippen LogP contribution in [0.2, 0.25) is 0 Å². The van der Waals surface area contributed by atoms with Crippen LogP contribution >= 0.6 is 11.8 Å². The Kier molecular flexibility index (Phi) is 3.89. The summed E-state index contributed by atoms with van der Waals surface area (Å²) in [4.78, 5) is 23.1. The van der Waals surface area contributed by atoms with Gasteiger partial charge in [0.15, 0.2) is 0 Å². The molecule has 0 bridgehead atoms. The molecule has 0 aromatic rings. The summed E-state index contributed by atoms with van der Waals surface area (Å²) in [5, 5.41) is -0.540. The minimum absolute atomic E-state index is 0.266. The van der Waals surface area contributed by atoms with Gasteiger partial charge in [-0.05, 0) is 12.5 Å². The number of amides is 1. The van der Waals surface area contributed by atoms with E-state index in [1.165, 1.54) is 4.90 Å². The zero-order chi connectivity index (χ0) is 9.02. The second-order valence-electron chi connectivity index (χ2n) is 2.33. The van der Waals surface area contributed by atoms with Crippen LogP contribution in [-0.2, 0) is 4.79 Å². The van der Waals surface area contributed by atoms with E-state index in [2.05, 4.69) is 6.58 Å². The second kappa shape index (κ2) is 4.18. The average Bonchev–Trinajstić information content (AvgIpc) is 1.87. The van der Waals surface area contributed by atoms with E-state index < -0.39 is 0 Å². The lowest BCUT2D eigenvalue weighted by molar-refractivity contribution is -0.107. The van der Waals surface area contributed by atoms with E-state index in [-0.39, 0.29) is 10.4 Å². The molecule has 0 radical (unpaired) electrons. The lowest BCUT2D eigenvalue weighted by Gasteiger charge is -2.07. The first-order valence-corrected chi connectivity index (χ1v) is 3.85. The third kappa shape index (κ3) is 3.83. The average molecular weight is 173 g/mol. The van der Waals surface area contributed by atoms with Gasteiger partial charge in [0.2, 0.25) is 5.12 Å². The van der Waals surface area contributed by atoms with E-state index >= 15 is 0 Å². The van der Waals surface area contributed by atoms with Crippen molar-refractivity contribution in [1.82, 2.24) is 4.90 Å². The maximum Gasteiger partial charge on any atom is 0.289 e. The van der Waals surface area contributed by atoms with E-state index in [1.54, 1.807) is 21.0 Å². The standard InChI is InChI=1S/C7H11NO2S/c1-5(2)6(9)11-7(10)8(3)4/h1H2,2-4H3. The molecule has 62 valence electrons. The molecule has 0 aromatic heterocycles. The monoisotopic (exact) mass is 173 g/mol. The van der Waals surface area contributed by atoms with Gasteiger partial charge in [-0.15, -0.1) is 0 Å². The third-order valence-corrected chi connectivity index (χ3v) is 1.97. The summed E-state index contributed by atoms with van der Waals surface area (Å²) in [6.45, 7) is 5.01. The Bertz CT molecular complexity index is 199. The Hall–Kier alpha value is -0.770. The van der Waals surface area contributed by atoms with E-state index in [0.717, 1.165) is 0 Å². The first-order chi connectivity index (χ1) is 4.95. The van der Waals surface area contributed by atoms with Crippen LogP contribution in [0.5, 0.6) is 0 Å². The molecule has 0 saturated carbocycles. The molecule has 0 aromatic carbocycles. The van der Waals surface area contributed by atoms with Crippen molar-refractivity contribution in [2.75, 3.05) is 14.1 Å². The van der Waals surface area contributed by atoms with Crippen molar-refractivity contribution in [2.24, 2.45) is 0 Å². The fourth-order valence-electron chi connectivity index (χ4n) is 0.258. The molecule has 11 heavy (non-hydrogen) atoms. The number of thioether (sulfide) groups is 1. The van der Waals surface area contributed by atoms with Gasteiger partial charge in [0.25, 0.3) is 5.24 Å². The Labute approximate surface area is 70.4 Å². The SMILES string of the molecule is C=C(C)C(=O)SC(=O)N(C)C. The summed E-state index contributed by atoms with van der Waals surface area (Å²) in [6, 6.07) is 0. The van der Waals surface area contributed by atoms with Crippen LogP contribution in [0, 0.1) is 0 Å². The predicted octanol–water partition coefficient (Wildman–Crippen LogP) is 1.50. The lowest BCUT2D eigenvalue weighted by Crippen LogP contribution is -2.18. The molecule has 0 rings (SSSR count). The minimum atomic E-state index is -0.274. The minimum Gasteiger partial charge on any atom is -0.339 e. The molecule has 0 aliphatic carbocycles. The van der Waals surface area contributed by atoms with Gasteiger partial charge in [0.05, 0.1) is 0 Å². The Morgan fingerprint density at radius 3 is 2.09 bits per heavy atom. The largest absolute Gasteiger partial charge is 0.339 e. The quantitative estimate of drug-likeness (QED) is 0.564. The summed E-state index contributed by atoms with van der Waals surface area (Å²) in [5.41, 5.74) is 0.394.